The van der Waals surface area contributed by atoms with Crippen LogP contribution in [0.2, 0.25) is 0 Å². The molecule has 1 aromatic carbocycles. The second-order valence-electron chi connectivity index (χ2n) is 7.47. The van der Waals surface area contributed by atoms with Crippen LogP contribution in [0.3, 0.4) is 0 Å². The van der Waals surface area contributed by atoms with E-state index >= 15 is 0 Å². The van der Waals surface area contributed by atoms with Gasteiger partial charge in [0.15, 0.2) is 5.60 Å². The van der Waals surface area contributed by atoms with Gasteiger partial charge in [-0.2, -0.15) is 0 Å². The Morgan fingerprint density at radius 2 is 1.70 bits per heavy atom. The van der Waals surface area contributed by atoms with E-state index in [1.807, 2.05) is 12.1 Å². The van der Waals surface area contributed by atoms with Crippen molar-refractivity contribution in [3.8, 4) is 5.75 Å². The van der Waals surface area contributed by atoms with Crippen LogP contribution in [0, 0.1) is 5.41 Å². The molecule has 1 aliphatic carbocycles. The first-order chi connectivity index (χ1) is 12.8. The molecule has 0 amide bonds. The number of carbonyl (C=O) groups is 2. The van der Waals surface area contributed by atoms with Crippen LogP contribution in [0.4, 0.5) is 0 Å². The molecule has 0 saturated heterocycles. The van der Waals surface area contributed by atoms with Crippen molar-refractivity contribution in [1.82, 2.24) is 0 Å². The molecule has 0 atom stereocenters. The molecule has 150 valence electrons. The lowest BCUT2D eigenvalue weighted by atomic mass is 9.86. The molecular weight excluding hydrogens is 348 g/mol. The Morgan fingerprint density at radius 3 is 2.26 bits per heavy atom. The fourth-order valence-corrected chi connectivity index (χ4v) is 3.23. The Hall–Kier alpha value is -2.12. The molecule has 4 N–H and O–H groups in total. The zero-order chi connectivity index (χ0) is 19.9. The summed E-state index contributed by atoms with van der Waals surface area (Å²) in [5.41, 5.74) is 10.5. The van der Waals surface area contributed by atoms with Crippen molar-refractivity contribution < 1.29 is 23.8 Å². The zero-order valence-corrected chi connectivity index (χ0v) is 16.2. The van der Waals surface area contributed by atoms with Gasteiger partial charge in [-0.3, -0.25) is 4.79 Å². The van der Waals surface area contributed by atoms with E-state index in [0.717, 1.165) is 24.8 Å². The Balaban J connectivity index is 1.83. The van der Waals surface area contributed by atoms with E-state index in [2.05, 4.69) is 0 Å². The lowest BCUT2D eigenvalue weighted by Gasteiger charge is -2.26. The summed E-state index contributed by atoms with van der Waals surface area (Å²) >= 11 is 0. The van der Waals surface area contributed by atoms with Crippen LogP contribution in [-0.2, 0) is 25.5 Å². The molecule has 0 aromatic heterocycles. The lowest BCUT2D eigenvalue weighted by Crippen LogP contribution is -2.41. The Labute approximate surface area is 160 Å². The Morgan fingerprint density at radius 1 is 1.07 bits per heavy atom. The van der Waals surface area contributed by atoms with Gasteiger partial charge in [-0.25, -0.2) is 4.79 Å². The van der Waals surface area contributed by atoms with E-state index in [9.17, 15) is 9.59 Å². The largest absolute Gasteiger partial charge is 0.476 e. The van der Waals surface area contributed by atoms with E-state index in [1.54, 1.807) is 26.0 Å². The highest BCUT2D eigenvalue weighted by Crippen LogP contribution is 2.38. The maximum Gasteiger partial charge on any atom is 0.352 e. The summed E-state index contributed by atoms with van der Waals surface area (Å²) in [5.74, 6) is -0.471. The van der Waals surface area contributed by atoms with Gasteiger partial charge >= 0.3 is 11.9 Å². The summed E-state index contributed by atoms with van der Waals surface area (Å²) in [7, 11) is 0. The number of ether oxygens (including phenoxy) is 3. The smallest absolute Gasteiger partial charge is 0.352 e. The number of benzene rings is 1. The van der Waals surface area contributed by atoms with Crippen molar-refractivity contribution in [2.75, 3.05) is 19.9 Å². The number of rotatable bonds is 9. The van der Waals surface area contributed by atoms with Crippen molar-refractivity contribution in [3.63, 3.8) is 0 Å². The molecule has 27 heavy (non-hydrogen) atoms. The van der Waals surface area contributed by atoms with Gasteiger partial charge in [0.2, 0.25) is 6.79 Å². The van der Waals surface area contributed by atoms with Gasteiger partial charge < -0.3 is 25.7 Å². The van der Waals surface area contributed by atoms with Crippen molar-refractivity contribution >= 4 is 11.9 Å². The van der Waals surface area contributed by atoms with Crippen molar-refractivity contribution in [3.05, 3.63) is 29.8 Å². The molecular formula is C20H30N2O5. The molecule has 0 spiro atoms. The minimum atomic E-state index is -1.22. The van der Waals surface area contributed by atoms with Crippen LogP contribution in [0.25, 0.3) is 0 Å². The summed E-state index contributed by atoms with van der Waals surface area (Å²) in [6.45, 7) is 3.57. The molecule has 1 aliphatic rings. The summed E-state index contributed by atoms with van der Waals surface area (Å²) in [5, 5.41) is 0. The maximum absolute atomic E-state index is 12.3. The molecule has 0 heterocycles. The van der Waals surface area contributed by atoms with Gasteiger partial charge in [0, 0.05) is 6.54 Å². The molecule has 0 unspecified atom stereocenters. The Kier molecular flexibility index (Phi) is 7.21. The van der Waals surface area contributed by atoms with Crippen LogP contribution in [0.15, 0.2) is 24.3 Å². The summed E-state index contributed by atoms with van der Waals surface area (Å²) in [6.07, 6.45) is 4.12. The van der Waals surface area contributed by atoms with E-state index in [-0.39, 0.29) is 6.54 Å². The molecule has 0 aliphatic heterocycles. The van der Waals surface area contributed by atoms with E-state index < -0.39 is 29.7 Å². The predicted octanol–water partition coefficient (Wildman–Crippen LogP) is 1.91. The Bertz CT molecular complexity index is 636. The van der Waals surface area contributed by atoms with Crippen LogP contribution in [0.5, 0.6) is 5.75 Å². The van der Waals surface area contributed by atoms with Gasteiger partial charge in [0.1, 0.15) is 5.75 Å². The van der Waals surface area contributed by atoms with Crippen LogP contribution in [0.1, 0.15) is 45.1 Å². The average Bonchev–Trinajstić information content (AvgIpc) is 3.13. The van der Waals surface area contributed by atoms with Gasteiger partial charge in [-0.1, -0.05) is 25.0 Å². The second-order valence-corrected chi connectivity index (χ2v) is 7.47. The number of hydrogen-bond donors (Lipinski definition) is 2. The first-order valence-electron chi connectivity index (χ1n) is 9.35. The molecule has 2 rings (SSSR count). The third-order valence-electron chi connectivity index (χ3n) is 4.99. The number of esters is 2. The molecule has 0 radical (unpaired) electrons. The van der Waals surface area contributed by atoms with Crippen molar-refractivity contribution in [2.45, 2.75) is 51.6 Å². The molecule has 1 aromatic rings. The van der Waals surface area contributed by atoms with E-state index in [0.29, 0.717) is 25.1 Å². The second kappa shape index (κ2) is 9.19. The van der Waals surface area contributed by atoms with Crippen LogP contribution in [-0.4, -0.2) is 37.4 Å². The van der Waals surface area contributed by atoms with Gasteiger partial charge in [0.25, 0.3) is 0 Å². The normalized spacial score (nSPS) is 16.0. The third kappa shape index (κ3) is 5.43. The SMILES string of the molecule is CC(C)(Oc1ccc(CCN)cc1)C(=O)OCOC(=O)C1(CN)CCCC1. The number of hydrogen-bond acceptors (Lipinski definition) is 7. The highest BCUT2D eigenvalue weighted by atomic mass is 16.7. The van der Waals surface area contributed by atoms with Crippen LogP contribution < -0.4 is 16.2 Å². The minimum absolute atomic E-state index is 0.245. The molecule has 7 nitrogen and oxygen atoms in total. The summed E-state index contributed by atoms with van der Waals surface area (Å²) < 4.78 is 16.0. The van der Waals surface area contributed by atoms with Gasteiger partial charge in [-0.15, -0.1) is 0 Å². The predicted molar refractivity (Wildman–Crippen MR) is 101 cm³/mol. The monoisotopic (exact) mass is 378 g/mol. The maximum atomic E-state index is 12.3. The minimum Gasteiger partial charge on any atom is -0.476 e. The fraction of sp³-hybridized carbons (Fsp3) is 0.600. The highest BCUT2D eigenvalue weighted by molar-refractivity contribution is 5.80. The molecule has 1 saturated carbocycles. The molecule has 0 bridgehead atoms. The summed E-state index contributed by atoms with van der Waals surface area (Å²) in [4.78, 5) is 24.6. The quantitative estimate of drug-likeness (QED) is 0.498. The van der Waals surface area contributed by atoms with Crippen LogP contribution >= 0.6 is 0 Å². The highest BCUT2D eigenvalue weighted by Gasteiger charge is 2.41. The first-order valence-corrected chi connectivity index (χ1v) is 9.35. The lowest BCUT2D eigenvalue weighted by molar-refractivity contribution is -0.182. The molecule has 7 heteroatoms. The van der Waals surface area contributed by atoms with Gasteiger partial charge in [-0.05, 0) is 57.4 Å². The first kappa shape index (κ1) is 21.2. The van der Waals surface area contributed by atoms with E-state index in [1.165, 1.54) is 0 Å². The standard InChI is InChI=1S/C20H30N2O5/c1-19(2,27-16-7-5-15(6-8-16)9-12-21)17(23)25-14-26-18(24)20(13-22)10-3-4-11-20/h5-8H,3-4,9-14,21-22H2,1-2H3. The van der Waals surface area contributed by atoms with E-state index in [4.69, 9.17) is 25.7 Å². The summed E-state index contributed by atoms with van der Waals surface area (Å²) in [6, 6.07) is 7.37. The van der Waals surface area contributed by atoms with Crippen molar-refractivity contribution in [1.29, 1.82) is 0 Å². The van der Waals surface area contributed by atoms with Crippen molar-refractivity contribution in [2.24, 2.45) is 16.9 Å². The van der Waals surface area contributed by atoms with Gasteiger partial charge in [0.05, 0.1) is 5.41 Å². The molecule has 1 fully saturated rings. The third-order valence-corrected chi connectivity index (χ3v) is 4.99. The number of nitrogens with two attached hydrogens (primary N) is 2. The zero-order valence-electron chi connectivity index (χ0n) is 16.2. The topological polar surface area (TPSA) is 114 Å². The fourth-order valence-electron chi connectivity index (χ4n) is 3.23. The average molecular weight is 378 g/mol. The number of carbonyl (C=O) groups excluding carboxylic acids is 2.